The zero-order valence-electron chi connectivity index (χ0n) is 11.1. The first-order chi connectivity index (χ1) is 8.99. The molecule has 0 amide bonds. The molecule has 0 bridgehead atoms. The van der Waals surface area contributed by atoms with E-state index in [0.717, 1.165) is 5.65 Å². The predicted octanol–water partition coefficient (Wildman–Crippen LogP) is 2.07. The minimum atomic E-state index is -2.20. The van der Waals surface area contributed by atoms with Gasteiger partial charge in [-0.2, -0.15) is 0 Å². The van der Waals surface area contributed by atoms with Crippen molar-refractivity contribution in [2.45, 2.75) is 38.2 Å². The SMILES string of the molecule is CC(C)O[C@H](c1cn2ccccc2n1)[C@@H](C)S(=O)[O-]. The Bertz CT molecular complexity index is 549. The largest absolute Gasteiger partial charge is 0.772 e. The zero-order chi connectivity index (χ0) is 14.0. The molecule has 0 aliphatic carbocycles. The number of nitrogens with zero attached hydrogens (tertiary/aromatic N) is 2. The molecule has 2 heterocycles. The van der Waals surface area contributed by atoms with Gasteiger partial charge in [0.25, 0.3) is 0 Å². The molecule has 0 N–H and O–H groups in total. The minimum Gasteiger partial charge on any atom is -0.772 e. The number of hydrogen-bond acceptors (Lipinski definition) is 4. The van der Waals surface area contributed by atoms with Gasteiger partial charge in [-0.3, -0.25) is 4.21 Å². The Labute approximate surface area is 114 Å². The summed E-state index contributed by atoms with van der Waals surface area (Å²) in [4.78, 5) is 4.43. The summed E-state index contributed by atoms with van der Waals surface area (Å²) in [6.45, 7) is 5.38. The Balaban J connectivity index is 2.38. The molecule has 2 aromatic heterocycles. The van der Waals surface area contributed by atoms with Gasteiger partial charge in [0.15, 0.2) is 0 Å². The van der Waals surface area contributed by atoms with Crippen molar-refractivity contribution in [3.63, 3.8) is 0 Å². The summed E-state index contributed by atoms with van der Waals surface area (Å²) in [5.74, 6) is 0. The summed E-state index contributed by atoms with van der Waals surface area (Å²) in [5, 5.41) is -0.646. The smallest absolute Gasteiger partial charge is 0.137 e. The van der Waals surface area contributed by atoms with E-state index >= 15 is 0 Å². The van der Waals surface area contributed by atoms with Gasteiger partial charge in [0, 0.05) is 12.4 Å². The van der Waals surface area contributed by atoms with E-state index < -0.39 is 22.4 Å². The highest BCUT2D eigenvalue weighted by Gasteiger charge is 2.24. The van der Waals surface area contributed by atoms with E-state index in [1.807, 2.05) is 48.8 Å². The molecular weight excluding hydrogens is 264 g/mol. The van der Waals surface area contributed by atoms with E-state index in [1.165, 1.54) is 0 Å². The Morgan fingerprint density at radius 3 is 2.68 bits per heavy atom. The van der Waals surface area contributed by atoms with Crippen molar-refractivity contribution < 1.29 is 13.5 Å². The van der Waals surface area contributed by atoms with Crippen molar-refractivity contribution in [1.82, 2.24) is 9.38 Å². The zero-order valence-corrected chi connectivity index (χ0v) is 12.0. The summed E-state index contributed by atoms with van der Waals surface area (Å²) in [6.07, 6.45) is 3.06. The van der Waals surface area contributed by atoms with Gasteiger partial charge in [0.1, 0.15) is 11.8 Å². The third-order valence-corrected chi connectivity index (χ3v) is 3.68. The monoisotopic (exact) mass is 281 g/mol. The van der Waals surface area contributed by atoms with Gasteiger partial charge in [0.2, 0.25) is 0 Å². The average molecular weight is 281 g/mol. The van der Waals surface area contributed by atoms with Crippen LogP contribution >= 0.6 is 0 Å². The normalized spacial score (nSPS) is 16.7. The summed E-state index contributed by atoms with van der Waals surface area (Å²) >= 11 is -2.20. The van der Waals surface area contributed by atoms with Gasteiger partial charge in [0.05, 0.1) is 17.0 Å². The Hall–Kier alpha value is -1.24. The second-order valence-electron chi connectivity index (χ2n) is 4.70. The molecule has 0 spiro atoms. The van der Waals surface area contributed by atoms with Gasteiger partial charge >= 0.3 is 0 Å². The average Bonchev–Trinajstić information content (AvgIpc) is 2.78. The van der Waals surface area contributed by atoms with Crippen LogP contribution in [0.25, 0.3) is 5.65 Å². The lowest BCUT2D eigenvalue weighted by Gasteiger charge is -2.26. The van der Waals surface area contributed by atoms with Crippen LogP contribution in [0.5, 0.6) is 0 Å². The number of imidazole rings is 1. The molecular formula is C13H17N2O3S-. The first-order valence-electron chi connectivity index (χ1n) is 6.16. The van der Waals surface area contributed by atoms with E-state index in [1.54, 1.807) is 6.92 Å². The first-order valence-corrected chi connectivity index (χ1v) is 7.30. The van der Waals surface area contributed by atoms with Crippen LogP contribution in [-0.4, -0.2) is 29.5 Å². The van der Waals surface area contributed by atoms with Crippen LogP contribution in [0.1, 0.15) is 32.6 Å². The highest BCUT2D eigenvalue weighted by molar-refractivity contribution is 7.79. The minimum absolute atomic E-state index is 0.0687. The second-order valence-corrected chi connectivity index (χ2v) is 5.97. The van der Waals surface area contributed by atoms with Crippen LogP contribution in [-0.2, 0) is 15.8 Å². The molecule has 0 saturated carbocycles. The fourth-order valence-electron chi connectivity index (χ4n) is 1.91. The molecule has 104 valence electrons. The maximum absolute atomic E-state index is 11.2. The maximum Gasteiger partial charge on any atom is 0.137 e. The molecule has 2 rings (SSSR count). The second kappa shape index (κ2) is 5.81. The molecule has 1 unspecified atom stereocenters. The summed E-state index contributed by atoms with van der Waals surface area (Å²) in [5.41, 5.74) is 1.41. The van der Waals surface area contributed by atoms with Crippen molar-refractivity contribution in [2.24, 2.45) is 0 Å². The third kappa shape index (κ3) is 3.20. The standard InChI is InChI=1S/C13H18N2O3S/c1-9(2)18-13(10(3)19(16)17)11-8-15-7-5-4-6-12(15)14-11/h4-10,13H,1-3H3,(H,16,17)/p-1/t10-,13+/m1/s1. The van der Waals surface area contributed by atoms with Gasteiger partial charge in [-0.25, -0.2) is 4.98 Å². The van der Waals surface area contributed by atoms with Crippen LogP contribution in [0.4, 0.5) is 0 Å². The van der Waals surface area contributed by atoms with Crippen molar-refractivity contribution in [3.05, 3.63) is 36.3 Å². The van der Waals surface area contributed by atoms with Crippen LogP contribution in [0.3, 0.4) is 0 Å². The topological polar surface area (TPSA) is 66.7 Å². The van der Waals surface area contributed by atoms with Crippen molar-refractivity contribution in [3.8, 4) is 0 Å². The molecule has 0 aliphatic heterocycles. The van der Waals surface area contributed by atoms with Gasteiger partial charge < -0.3 is 13.7 Å². The van der Waals surface area contributed by atoms with E-state index in [2.05, 4.69) is 4.98 Å². The summed E-state index contributed by atoms with van der Waals surface area (Å²) in [7, 11) is 0. The maximum atomic E-state index is 11.2. The summed E-state index contributed by atoms with van der Waals surface area (Å²) in [6, 6.07) is 5.65. The third-order valence-electron chi connectivity index (χ3n) is 2.82. The number of pyridine rings is 1. The van der Waals surface area contributed by atoms with Gasteiger partial charge in [-0.15, -0.1) is 0 Å². The summed E-state index contributed by atoms with van der Waals surface area (Å²) < 4.78 is 30.0. The quantitative estimate of drug-likeness (QED) is 0.787. The van der Waals surface area contributed by atoms with E-state index in [4.69, 9.17) is 4.74 Å². The first kappa shape index (κ1) is 14.2. The number of ether oxygens (including phenoxy) is 1. The highest BCUT2D eigenvalue weighted by Crippen LogP contribution is 2.25. The van der Waals surface area contributed by atoms with Crippen molar-refractivity contribution >= 4 is 16.7 Å². The van der Waals surface area contributed by atoms with E-state index in [9.17, 15) is 8.76 Å². The predicted molar refractivity (Wildman–Crippen MR) is 72.5 cm³/mol. The molecule has 0 aliphatic rings. The fourth-order valence-corrected chi connectivity index (χ4v) is 2.31. The molecule has 0 saturated heterocycles. The lowest BCUT2D eigenvalue weighted by atomic mass is 10.2. The van der Waals surface area contributed by atoms with Gasteiger partial charge in [-0.1, -0.05) is 6.07 Å². The highest BCUT2D eigenvalue weighted by atomic mass is 32.2. The molecule has 19 heavy (non-hydrogen) atoms. The Morgan fingerprint density at radius 2 is 2.11 bits per heavy atom. The van der Waals surface area contributed by atoms with Crippen LogP contribution < -0.4 is 0 Å². The Kier molecular flexibility index (Phi) is 4.34. The fraction of sp³-hybridized carbons (Fsp3) is 0.462. The lowest BCUT2D eigenvalue weighted by molar-refractivity contribution is 0.00410. The van der Waals surface area contributed by atoms with E-state index in [0.29, 0.717) is 5.69 Å². The van der Waals surface area contributed by atoms with Gasteiger partial charge in [-0.05, 0) is 44.0 Å². The lowest BCUT2D eigenvalue weighted by Crippen LogP contribution is -2.25. The van der Waals surface area contributed by atoms with Crippen LogP contribution in [0, 0.1) is 0 Å². The van der Waals surface area contributed by atoms with Crippen LogP contribution in [0.2, 0.25) is 0 Å². The molecule has 3 atom stereocenters. The van der Waals surface area contributed by atoms with E-state index in [-0.39, 0.29) is 6.10 Å². The van der Waals surface area contributed by atoms with Crippen molar-refractivity contribution in [2.75, 3.05) is 0 Å². The number of aromatic nitrogens is 2. The Morgan fingerprint density at radius 1 is 1.37 bits per heavy atom. The molecule has 6 heteroatoms. The van der Waals surface area contributed by atoms with Crippen molar-refractivity contribution in [1.29, 1.82) is 0 Å². The number of fused-ring (bicyclic) bond motifs is 1. The molecule has 2 aromatic rings. The number of rotatable bonds is 5. The molecule has 0 fully saturated rings. The molecule has 0 radical (unpaired) electrons. The molecule has 5 nitrogen and oxygen atoms in total. The molecule has 0 aromatic carbocycles. The van der Waals surface area contributed by atoms with Crippen LogP contribution in [0.15, 0.2) is 30.6 Å². The number of hydrogen-bond donors (Lipinski definition) is 0.